The molecule has 2 rings (SSSR count). The molecule has 0 spiro atoms. The lowest BCUT2D eigenvalue weighted by molar-refractivity contribution is 0.103. The molecule has 1 aromatic carbocycles. The van der Waals surface area contributed by atoms with E-state index in [1.165, 1.54) is 11.3 Å². The maximum atomic E-state index is 12.4. The summed E-state index contributed by atoms with van der Waals surface area (Å²) in [6.45, 7) is 1.90. The Hall–Kier alpha value is -2.09. The van der Waals surface area contributed by atoms with Crippen LogP contribution in [0.5, 0.6) is 0 Å². The third-order valence-corrected chi connectivity index (χ3v) is 3.87. The molecule has 0 fully saturated rings. The number of aryl methyl sites for hydroxylation is 1. The van der Waals surface area contributed by atoms with Crippen LogP contribution in [0, 0.1) is 11.8 Å². The van der Waals surface area contributed by atoms with Crippen LogP contribution >= 0.6 is 11.3 Å². The van der Waals surface area contributed by atoms with Gasteiger partial charge in [0.05, 0.1) is 0 Å². The van der Waals surface area contributed by atoms with Crippen LogP contribution in [0.25, 0.3) is 0 Å². The van der Waals surface area contributed by atoms with Gasteiger partial charge in [0.2, 0.25) is 0 Å². The van der Waals surface area contributed by atoms with Crippen molar-refractivity contribution < 1.29 is 9.90 Å². The first kappa shape index (κ1) is 15.3. The Morgan fingerprint density at radius 1 is 1.33 bits per heavy atom. The smallest absolute Gasteiger partial charge is 0.267 e. The number of anilines is 1. The number of nitrogens with one attached hydrogen (secondary N) is 1. The Labute approximate surface area is 128 Å². The van der Waals surface area contributed by atoms with Crippen LogP contribution in [0.1, 0.15) is 34.1 Å². The predicted octanol–water partition coefficient (Wildman–Crippen LogP) is 3.30. The Morgan fingerprint density at radius 2 is 2.14 bits per heavy atom. The van der Waals surface area contributed by atoms with Gasteiger partial charge in [0, 0.05) is 11.3 Å². The molecule has 2 aromatic rings. The quantitative estimate of drug-likeness (QED) is 0.851. The van der Waals surface area contributed by atoms with Crippen LogP contribution in [0.2, 0.25) is 0 Å². The van der Waals surface area contributed by atoms with Gasteiger partial charge in [-0.25, -0.2) is 0 Å². The van der Waals surface area contributed by atoms with Gasteiger partial charge in [-0.05, 0) is 29.5 Å². The van der Waals surface area contributed by atoms with Gasteiger partial charge >= 0.3 is 0 Å². The lowest BCUT2D eigenvalue weighted by Gasteiger charge is -2.09. The largest absolute Gasteiger partial charge is 0.384 e. The highest BCUT2D eigenvalue weighted by Gasteiger charge is 2.13. The van der Waals surface area contributed by atoms with Crippen molar-refractivity contribution in [3.63, 3.8) is 0 Å². The Morgan fingerprint density at radius 3 is 2.90 bits per heavy atom. The summed E-state index contributed by atoms with van der Waals surface area (Å²) in [5, 5.41) is 13.5. The number of carbonyl (C=O) groups is 1. The second-order valence-electron chi connectivity index (χ2n) is 4.48. The summed E-state index contributed by atoms with van der Waals surface area (Å²) in [6.07, 6.45) is 1.96. The van der Waals surface area contributed by atoms with Gasteiger partial charge in [-0.15, -0.1) is 11.3 Å². The number of amides is 1. The first-order chi connectivity index (χ1) is 10.3. The molecular weight excluding hydrogens is 282 g/mol. The van der Waals surface area contributed by atoms with E-state index in [2.05, 4.69) is 24.1 Å². The van der Waals surface area contributed by atoms with E-state index in [1.54, 1.807) is 6.07 Å². The van der Waals surface area contributed by atoms with Crippen molar-refractivity contribution in [1.29, 1.82) is 0 Å². The van der Waals surface area contributed by atoms with E-state index in [1.807, 2.05) is 29.6 Å². The zero-order valence-electron chi connectivity index (χ0n) is 11.8. The Kier molecular flexibility index (Phi) is 5.56. The number of aliphatic hydroxyl groups is 1. The standard InChI is InChI=1S/C17H17NO2S/c1-2-6-13-7-3-4-9-15(13)18-17(20)16-14(8-5-11-19)10-12-21-16/h3-4,7,9-10,12,19H,2,6,11H2,1H3,(H,18,20). The number of thiophene rings is 1. The molecule has 2 N–H and O–H groups in total. The van der Waals surface area contributed by atoms with Crippen LogP contribution in [0.15, 0.2) is 35.7 Å². The SMILES string of the molecule is CCCc1ccccc1NC(=O)c1sccc1C#CCO. The molecular formula is C17H17NO2S. The lowest BCUT2D eigenvalue weighted by Crippen LogP contribution is -2.13. The van der Waals surface area contributed by atoms with Crippen LogP contribution in [-0.4, -0.2) is 17.6 Å². The molecule has 1 amide bonds. The Balaban J connectivity index is 2.21. The number of aliphatic hydroxyl groups excluding tert-OH is 1. The third kappa shape index (κ3) is 3.94. The summed E-state index contributed by atoms with van der Waals surface area (Å²) in [5.74, 6) is 5.22. The first-order valence-corrected chi connectivity index (χ1v) is 7.70. The van der Waals surface area contributed by atoms with Gasteiger partial charge < -0.3 is 10.4 Å². The molecule has 0 aliphatic rings. The highest BCUT2D eigenvalue weighted by Crippen LogP contribution is 2.21. The summed E-state index contributed by atoms with van der Waals surface area (Å²) in [4.78, 5) is 13.0. The van der Waals surface area contributed by atoms with E-state index in [-0.39, 0.29) is 12.5 Å². The second-order valence-corrected chi connectivity index (χ2v) is 5.40. The fourth-order valence-corrected chi connectivity index (χ4v) is 2.77. The topological polar surface area (TPSA) is 49.3 Å². The van der Waals surface area contributed by atoms with Crippen molar-refractivity contribution >= 4 is 22.9 Å². The van der Waals surface area contributed by atoms with Crippen molar-refractivity contribution in [1.82, 2.24) is 0 Å². The van der Waals surface area contributed by atoms with Crippen LogP contribution < -0.4 is 5.32 Å². The monoisotopic (exact) mass is 299 g/mol. The van der Waals surface area contributed by atoms with Crippen LogP contribution in [-0.2, 0) is 6.42 Å². The van der Waals surface area contributed by atoms with E-state index < -0.39 is 0 Å². The van der Waals surface area contributed by atoms with Crippen molar-refractivity contribution in [2.24, 2.45) is 0 Å². The van der Waals surface area contributed by atoms with E-state index in [9.17, 15) is 4.79 Å². The minimum absolute atomic E-state index is 0.157. The van der Waals surface area contributed by atoms with E-state index in [0.29, 0.717) is 10.4 Å². The van der Waals surface area contributed by atoms with Crippen LogP contribution in [0.4, 0.5) is 5.69 Å². The molecule has 108 valence electrons. The molecule has 1 heterocycles. The third-order valence-electron chi connectivity index (χ3n) is 2.96. The highest BCUT2D eigenvalue weighted by molar-refractivity contribution is 7.12. The van der Waals surface area contributed by atoms with Gasteiger partial charge in [0.15, 0.2) is 0 Å². The molecule has 4 heteroatoms. The van der Waals surface area contributed by atoms with Crippen LogP contribution in [0.3, 0.4) is 0 Å². The molecule has 0 bridgehead atoms. The first-order valence-electron chi connectivity index (χ1n) is 6.82. The molecule has 0 unspecified atom stereocenters. The second kappa shape index (κ2) is 7.63. The fraction of sp³-hybridized carbons (Fsp3) is 0.235. The van der Waals surface area contributed by atoms with Gasteiger partial charge in [-0.3, -0.25) is 4.79 Å². The molecule has 0 aliphatic heterocycles. The maximum Gasteiger partial charge on any atom is 0.267 e. The number of rotatable bonds is 4. The molecule has 0 saturated carbocycles. The zero-order valence-corrected chi connectivity index (χ0v) is 12.7. The van der Waals surface area contributed by atoms with Gasteiger partial charge in [0.25, 0.3) is 5.91 Å². The number of hydrogen-bond acceptors (Lipinski definition) is 3. The minimum Gasteiger partial charge on any atom is -0.384 e. The molecule has 0 atom stereocenters. The van der Waals surface area contributed by atoms with Crippen molar-refractivity contribution in [2.75, 3.05) is 11.9 Å². The zero-order chi connectivity index (χ0) is 15.1. The average molecular weight is 299 g/mol. The van der Waals surface area contributed by atoms with E-state index in [0.717, 1.165) is 24.1 Å². The molecule has 3 nitrogen and oxygen atoms in total. The predicted molar refractivity (Wildman–Crippen MR) is 86.7 cm³/mol. The Bertz CT molecular complexity index is 679. The number of carbonyl (C=O) groups excluding carboxylic acids is 1. The normalized spacial score (nSPS) is 9.81. The van der Waals surface area contributed by atoms with Crippen molar-refractivity contribution in [2.45, 2.75) is 19.8 Å². The van der Waals surface area contributed by atoms with E-state index >= 15 is 0 Å². The summed E-state index contributed by atoms with van der Waals surface area (Å²) in [5.41, 5.74) is 2.63. The summed E-state index contributed by atoms with van der Waals surface area (Å²) in [6, 6.07) is 9.62. The molecule has 0 radical (unpaired) electrons. The van der Waals surface area contributed by atoms with Gasteiger partial charge in [-0.2, -0.15) is 0 Å². The number of para-hydroxylation sites is 1. The molecule has 0 saturated heterocycles. The summed E-state index contributed by atoms with van der Waals surface area (Å²) >= 11 is 1.35. The van der Waals surface area contributed by atoms with Crippen molar-refractivity contribution in [3.8, 4) is 11.8 Å². The van der Waals surface area contributed by atoms with Crippen molar-refractivity contribution in [3.05, 3.63) is 51.7 Å². The lowest BCUT2D eigenvalue weighted by atomic mass is 10.1. The molecule has 21 heavy (non-hydrogen) atoms. The average Bonchev–Trinajstić information content (AvgIpc) is 2.96. The van der Waals surface area contributed by atoms with Gasteiger partial charge in [0.1, 0.15) is 11.5 Å². The summed E-state index contributed by atoms with van der Waals surface area (Å²) in [7, 11) is 0. The fourth-order valence-electron chi connectivity index (χ4n) is 2.03. The highest BCUT2D eigenvalue weighted by atomic mass is 32.1. The molecule has 0 aliphatic carbocycles. The van der Waals surface area contributed by atoms with E-state index in [4.69, 9.17) is 5.11 Å². The number of hydrogen-bond donors (Lipinski definition) is 2. The maximum absolute atomic E-state index is 12.4. The molecule has 1 aromatic heterocycles. The number of benzene rings is 1. The summed E-state index contributed by atoms with van der Waals surface area (Å²) < 4.78 is 0. The van der Waals surface area contributed by atoms with Gasteiger partial charge in [-0.1, -0.05) is 43.4 Å². The minimum atomic E-state index is -0.212.